The third kappa shape index (κ3) is 4.02. The van der Waals surface area contributed by atoms with Crippen molar-refractivity contribution in [2.45, 2.75) is 0 Å². The molecule has 1 aliphatic carbocycles. The largest absolute Gasteiger partial charge is 0.452 e. The third-order valence-electron chi connectivity index (χ3n) is 4.69. The van der Waals surface area contributed by atoms with Crippen LogP contribution < -0.4 is 5.32 Å². The molecular formula is C23H13BrFNO5. The first kappa shape index (κ1) is 20.6. The molecule has 0 radical (unpaired) electrons. The Morgan fingerprint density at radius 2 is 1.52 bits per heavy atom. The van der Waals surface area contributed by atoms with Gasteiger partial charge in [0.15, 0.2) is 18.2 Å². The fourth-order valence-corrected chi connectivity index (χ4v) is 3.57. The Hall–Kier alpha value is -3.65. The number of benzene rings is 3. The Morgan fingerprint density at radius 3 is 2.19 bits per heavy atom. The van der Waals surface area contributed by atoms with Crippen molar-refractivity contribution in [1.29, 1.82) is 0 Å². The van der Waals surface area contributed by atoms with Crippen LogP contribution in [0.4, 0.5) is 10.1 Å². The van der Waals surface area contributed by atoms with E-state index in [0.29, 0.717) is 15.6 Å². The van der Waals surface area contributed by atoms with E-state index in [-0.39, 0.29) is 33.9 Å². The highest BCUT2D eigenvalue weighted by molar-refractivity contribution is 9.10. The summed E-state index contributed by atoms with van der Waals surface area (Å²) in [6.45, 7) is -0.652. The monoisotopic (exact) mass is 481 g/mol. The van der Waals surface area contributed by atoms with Crippen molar-refractivity contribution >= 4 is 45.1 Å². The Morgan fingerprint density at radius 1 is 0.871 bits per heavy atom. The van der Waals surface area contributed by atoms with Crippen LogP contribution in [0.2, 0.25) is 0 Å². The van der Waals surface area contributed by atoms with Crippen molar-refractivity contribution in [2.75, 3.05) is 11.9 Å². The molecular weight excluding hydrogens is 469 g/mol. The second kappa shape index (κ2) is 8.23. The summed E-state index contributed by atoms with van der Waals surface area (Å²) in [6, 6.07) is 14.7. The van der Waals surface area contributed by atoms with Gasteiger partial charge in [0.25, 0.3) is 5.91 Å². The first-order valence-corrected chi connectivity index (χ1v) is 9.89. The van der Waals surface area contributed by atoms with Crippen LogP contribution in [0.5, 0.6) is 0 Å². The molecule has 0 saturated heterocycles. The van der Waals surface area contributed by atoms with Crippen LogP contribution in [0.1, 0.15) is 42.2 Å². The molecule has 0 spiro atoms. The van der Waals surface area contributed by atoms with E-state index in [9.17, 15) is 23.6 Å². The molecule has 0 aromatic heterocycles. The van der Waals surface area contributed by atoms with Crippen molar-refractivity contribution in [1.82, 2.24) is 0 Å². The highest BCUT2D eigenvalue weighted by Gasteiger charge is 2.29. The molecule has 0 saturated carbocycles. The first-order chi connectivity index (χ1) is 14.8. The maximum absolute atomic E-state index is 13.8. The fourth-order valence-electron chi connectivity index (χ4n) is 3.24. The van der Waals surface area contributed by atoms with Crippen LogP contribution in [0.15, 0.2) is 65.1 Å². The van der Waals surface area contributed by atoms with Gasteiger partial charge in [-0.05, 0) is 36.4 Å². The zero-order valence-electron chi connectivity index (χ0n) is 15.8. The van der Waals surface area contributed by atoms with Crippen LogP contribution in [0.25, 0.3) is 0 Å². The molecule has 0 fully saturated rings. The minimum atomic E-state index is -0.983. The molecule has 1 aliphatic rings. The number of ketones is 2. The number of nitrogens with one attached hydrogen (secondary N) is 1. The van der Waals surface area contributed by atoms with Gasteiger partial charge in [-0.1, -0.05) is 40.2 Å². The number of halogens is 2. The van der Waals surface area contributed by atoms with Gasteiger partial charge in [0.1, 0.15) is 5.82 Å². The minimum absolute atomic E-state index is 0.176. The van der Waals surface area contributed by atoms with E-state index in [4.69, 9.17) is 4.74 Å². The topological polar surface area (TPSA) is 89.5 Å². The molecule has 0 bridgehead atoms. The molecule has 4 rings (SSSR count). The summed E-state index contributed by atoms with van der Waals surface area (Å²) in [7, 11) is 0. The van der Waals surface area contributed by atoms with Crippen molar-refractivity contribution in [2.24, 2.45) is 0 Å². The van der Waals surface area contributed by atoms with E-state index in [0.717, 1.165) is 6.07 Å². The number of rotatable bonds is 4. The van der Waals surface area contributed by atoms with Crippen LogP contribution in [-0.4, -0.2) is 30.0 Å². The summed E-state index contributed by atoms with van der Waals surface area (Å²) in [6.07, 6.45) is 0. The number of ether oxygens (including phenoxy) is 1. The quantitative estimate of drug-likeness (QED) is 0.442. The van der Waals surface area contributed by atoms with Crippen LogP contribution in [0, 0.1) is 5.82 Å². The van der Waals surface area contributed by atoms with E-state index >= 15 is 0 Å². The Labute approximate surface area is 184 Å². The molecule has 154 valence electrons. The summed E-state index contributed by atoms with van der Waals surface area (Å²) in [4.78, 5) is 49.5. The van der Waals surface area contributed by atoms with E-state index < -0.39 is 24.3 Å². The van der Waals surface area contributed by atoms with Crippen LogP contribution in [0.3, 0.4) is 0 Å². The van der Waals surface area contributed by atoms with Crippen LogP contribution >= 0.6 is 15.9 Å². The molecule has 0 heterocycles. The van der Waals surface area contributed by atoms with E-state index in [2.05, 4.69) is 21.2 Å². The van der Waals surface area contributed by atoms with Crippen molar-refractivity contribution in [3.8, 4) is 0 Å². The van der Waals surface area contributed by atoms with Gasteiger partial charge in [0.2, 0.25) is 0 Å². The number of hydrogen-bond acceptors (Lipinski definition) is 5. The predicted molar refractivity (Wildman–Crippen MR) is 113 cm³/mol. The number of anilines is 1. The molecule has 6 nitrogen and oxygen atoms in total. The van der Waals surface area contributed by atoms with Gasteiger partial charge in [-0.2, -0.15) is 0 Å². The van der Waals surface area contributed by atoms with Crippen molar-refractivity contribution < 1.29 is 28.3 Å². The van der Waals surface area contributed by atoms with Crippen LogP contribution in [-0.2, 0) is 9.53 Å². The molecule has 3 aromatic carbocycles. The Balaban J connectivity index is 1.45. The first-order valence-electron chi connectivity index (χ1n) is 9.09. The third-order valence-corrected chi connectivity index (χ3v) is 5.19. The Bertz CT molecular complexity index is 1270. The number of carbonyl (C=O) groups is 4. The van der Waals surface area contributed by atoms with Gasteiger partial charge < -0.3 is 10.1 Å². The summed E-state index contributed by atoms with van der Waals surface area (Å²) in [5, 5.41) is 2.50. The maximum atomic E-state index is 13.8. The molecule has 3 aromatic rings. The lowest BCUT2D eigenvalue weighted by Crippen LogP contribution is -2.23. The number of amides is 1. The molecule has 0 unspecified atom stereocenters. The molecule has 1 N–H and O–H groups in total. The normalized spacial score (nSPS) is 12.1. The van der Waals surface area contributed by atoms with Crippen molar-refractivity contribution in [3.63, 3.8) is 0 Å². The summed E-state index contributed by atoms with van der Waals surface area (Å²) >= 11 is 3.09. The summed E-state index contributed by atoms with van der Waals surface area (Å²) < 4.78 is 19.1. The minimum Gasteiger partial charge on any atom is -0.452 e. The highest BCUT2D eigenvalue weighted by atomic mass is 79.9. The number of fused-ring (bicyclic) bond motifs is 2. The van der Waals surface area contributed by atoms with E-state index in [1.165, 1.54) is 30.3 Å². The molecule has 1 amide bonds. The van der Waals surface area contributed by atoms with Gasteiger partial charge in [0, 0.05) is 32.4 Å². The average Bonchev–Trinajstić information content (AvgIpc) is 2.76. The van der Waals surface area contributed by atoms with E-state index in [1.807, 2.05) is 0 Å². The SMILES string of the molecule is O=C(COC(=O)c1ccc(Br)cc1F)Nc1ccc2c(c1)C(=O)c1ccccc1C2=O. The van der Waals surface area contributed by atoms with E-state index in [1.54, 1.807) is 24.3 Å². The zero-order chi connectivity index (χ0) is 22.1. The Kier molecular flexibility index (Phi) is 5.48. The van der Waals surface area contributed by atoms with Gasteiger partial charge in [-0.3, -0.25) is 14.4 Å². The second-order valence-electron chi connectivity index (χ2n) is 6.71. The van der Waals surface area contributed by atoms with Gasteiger partial charge >= 0.3 is 5.97 Å². The second-order valence-corrected chi connectivity index (χ2v) is 7.63. The lowest BCUT2D eigenvalue weighted by atomic mass is 9.84. The smallest absolute Gasteiger partial charge is 0.341 e. The summed E-state index contributed by atoms with van der Waals surface area (Å²) in [5.41, 5.74) is 1.02. The number of esters is 1. The van der Waals surface area contributed by atoms with Gasteiger partial charge in [-0.15, -0.1) is 0 Å². The molecule has 0 atom stereocenters. The average molecular weight is 482 g/mol. The zero-order valence-corrected chi connectivity index (χ0v) is 17.4. The maximum Gasteiger partial charge on any atom is 0.341 e. The molecule has 8 heteroatoms. The lowest BCUT2D eigenvalue weighted by molar-refractivity contribution is -0.119. The standard InChI is InChI=1S/C23H13BrFNO5/c24-12-5-7-17(19(25)9-12)23(30)31-11-20(27)26-13-6-8-16-18(10-13)22(29)15-4-2-1-3-14(15)21(16)28/h1-10H,11H2,(H,26,27). The summed E-state index contributed by atoms with van der Waals surface area (Å²) in [5.74, 6) is -3.03. The number of hydrogen-bond donors (Lipinski definition) is 1. The molecule has 31 heavy (non-hydrogen) atoms. The predicted octanol–water partition coefficient (Wildman–Crippen LogP) is 4.16. The van der Waals surface area contributed by atoms with Gasteiger partial charge in [-0.25, -0.2) is 9.18 Å². The van der Waals surface area contributed by atoms with Gasteiger partial charge in [0.05, 0.1) is 5.56 Å². The van der Waals surface area contributed by atoms with Crippen molar-refractivity contribution in [3.05, 3.63) is 98.8 Å². The lowest BCUT2D eigenvalue weighted by Gasteiger charge is -2.18. The molecule has 0 aliphatic heterocycles. The highest BCUT2D eigenvalue weighted by Crippen LogP contribution is 2.29. The fraction of sp³-hybridized carbons (Fsp3) is 0.0435. The number of carbonyl (C=O) groups excluding carboxylic acids is 4.